The van der Waals surface area contributed by atoms with Gasteiger partial charge in [0.25, 0.3) is 5.91 Å². The predicted octanol–water partition coefficient (Wildman–Crippen LogP) is 4.39. The maximum atomic E-state index is 13.1. The second-order valence-electron chi connectivity index (χ2n) is 9.27. The Balaban J connectivity index is 1.22. The number of anilines is 1. The molecule has 0 atom stereocenters. The summed E-state index contributed by atoms with van der Waals surface area (Å²) in [5.41, 5.74) is 2.87. The van der Waals surface area contributed by atoms with Gasteiger partial charge in [0.05, 0.1) is 15.1 Å². The van der Waals surface area contributed by atoms with E-state index in [0.717, 1.165) is 55.8 Å². The van der Waals surface area contributed by atoms with E-state index in [-0.39, 0.29) is 10.8 Å². The Bertz CT molecular complexity index is 1290. The molecule has 7 nitrogen and oxygen atoms in total. The van der Waals surface area contributed by atoms with Crippen LogP contribution in [0, 0.1) is 0 Å². The predicted molar refractivity (Wildman–Crippen MR) is 141 cm³/mol. The van der Waals surface area contributed by atoms with Gasteiger partial charge in [0.2, 0.25) is 10.0 Å². The minimum absolute atomic E-state index is 0.0553. The fourth-order valence-electron chi connectivity index (χ4n) is 4.80. The number of aromatic nitrogens is 1. The molecular formula is C26H32N4O3S2. The highest BCUT2D eigenvalue weighted by Crippen LogP contribution is 2.30. The molecule has 0 radical (unpaired) electrons. The van der Waals surface area contributed by atoms with Crippen molar-refractivity contribution in [2.24, 2.45) is 0 Å². The Morgan fingerprint density at radius 1 is 0.914 bits per heavy atom. The number of thiazole rings is 1. The molecule has 35 heavy (non-hydrogen) atoms. The number of aryl methyl sites for hydroxylation is 1. The first-order valence-corrected chi connectivity index (χ1v) is 14.8. The molecule has 2 aromatic carbocycles. The normalized spacial score (nSPS) is 18.1. The molecule has 3 heterocycles. The largest absolute Gasteiger partial charge is 0.345 e. The monoisotopic (exact) mass is 512 g/mol. The molecule has 2 saturated heterocycles. The third-order valence-corrected chi connectivity index (χ3v) is 9.98. The Kier molecular flexibility index (Phi) is 7.09. The molecule has 0 bridgehead atoms. The lowest BCUT2D eigenvalue weighted by Crippen LogP contribution is -2.48. The molecule has 1 aromatic heterocycles. The van der Waals surface area contributed by atoms with Gasteiger partial charge in [-0.3, -0.25) is 4.79 Å². The number of carbonyl (C=O) groups is 1. The van der Waals surface area contributed by atoms with Gasteiger partial charge in [-0.2, -0.15) is 4.31 Å². The van der Waals surface area contributed by atoms with Gasteiger partial charge in [-0.05, 0) is 61.2 Å². The number of nitrogens with zero attached hydrogens (tertiary/aromatic N) is 4. The summed E-state index contributed by atoms with van der Waals surface area (Å²) in [7, 11) is -3.51. The number of amides is 1. The van der Waals surface area contributed by atoms with E-state index < -0.39 is 10.0 Å². The van der Waals surface area contributed by atoms with E-state index in [0.29, 0.717) is 31.7 Å². The molecule has 0 N–H and O–H groups in total. The van der Waals surface area contributed by atoms with Gasteiger partial charge in [-0.1, -0.05) is 37.2 Å². The average Bonchev–Trinajstić information content (AvgIpc) is 3.11. The van der Waals surface area contributed by atoms with Crippen molar-refractivity contribution in [1.82, 2.24) is 14.2 Å². The van der Waals surface area contributed by atoms with Gasteiger partial charge in [0.1, 0.15) is 0 Å². The average molecular weight is 513 g/mol. The van der Waals surface area contributed by atoms with Crippen LogP contribution in [0.15, 0.2) is 47.4 Å². The molecule has 5 rings (SSSR count). The van der Waals surface area contributed by atoms with Crippen molar-refractivity contribution in [1.29, 1.82) is 0 Å². The second kappa shape index (κ2) is 10.2. The molecule has 0 unspecified atom stereocenters. The fraction of sp³-hybridized carbons (Fsp3) is 0.462. The van der Waals surface area contributed by atoms with Crippen molar-refractivity contribution in [3.63, 3.8) is 0 Å². The van der Waals surface area contributed by atoms with E-state index in [1.807, 2.05) is 4.90 Å². The molecule has 0 aliphatic carbocycles. The summed E-state index contributed by atoms with van der Waals surface area (Å²) >= 11 is 1.71. The molecule has 3 aromatic rings. The van der Waals surface area contributed by atoms with E-state index >= 15 is 0 Å². The van der Waals surface area contributed by atoms with Crippen LogP contribution in [-0.2, 0) is 16.4 Å². The number of hydrogen-bond acceptors (Lipinski definition) is 6. The number of piperazine rings is 1. The van der Waals surface area contributed by atoms with E-state index in [9.17, 15) is 13.2 Å². The third kappa shape index (κ3) is 5.08. The molecule has 2 aliphatic heterocycles. The minimum Gasteiger partial charge on any atom is -0.345 e. The summed E-state index contributed by atoms with van der Waals surface area (Å²) in [5.74, 6) is -0.0553. The van der Waals surface area contributed by atoms with Crippen molar-refractivity contribution in [2.45, 2.75) is 43.9 Å². The molecule has 0 spiro atoms. The summed E-state index contributed by atoms with van der Waals surface area (Å²) in [5, 5.41) is 1.00. The zero-order valence-corrected chi connectivity index (χ0v) is 21.8. The molecule has 9 heteroatoms. The summed E-state index contributed by atoms with van der Waals surface area (Å²) in [6.07, 6.45) is 4.96. The van der Waals surface area contributed by atoms with Crippen LogP contribution < -0.4 is 4.90 Å². The zero-order valence-electron chi connectivity index (χ0n) is 20.1. The minimum atomic E-state index is -3.51. The van der Waals surface area contributed by atoms with Crippen LogP contribution in [0.25, 0.3) is 10.2 Å². The Morgan fingerprint density at radius 3 is 2.26 bits per heavy atom. The molecule has 1 amide bonds. The maximum Gasteiger partial charge on any atom is 0.253 e. The smallest absolute Gasteiger partial charge is 0.253 e. The SMILES string of the molecule is CCc1ccc2nc(N3CCN(C(=O)c4ccc(S(=O)(=O)N5CCCCCC5)cc4)CC3)sc2c1. The highest BCUT2D eigenvalue weighted by molar-refractivity contribution is 7.89. The van der Waals surface area contributed by atoms with Crippen LogP contribution in [0.5, 0.6) is 0 Å². The second-order valence-corrected chi connectivity index (χ2v) is 12.2. The lowest BCUT2D eigenvalue weighted by atomic mass is 10.2. The topological polar surface area (TPSA) is 73.8 Å². The lowest BCUT2D eigenvalue weighted by molar-refractivity contribution is 0.0746. The van der Waals surface area contributed by atoms with Crippen molar-refractivity contribution in [2.75, 3.05) is 44.2 Å². The van der Waals surface area contributed by atoms with Gasteiger partial charge in [-0.15, -0.1) is 0 Å². The molecular weight excluding hydrogens is 480 g/mol. The number of rotatable bonds is 5. The zero-order chi connectivity index (χ0) is 24.4. The molecule has 2 fully saturated rings. The summed E-state index contributed by atoms with van der Waals surface area (Å²) in [6, 6.07) is 12.9. The third-order valence-electron chi connectivity index (χ3n) is 6.99. The number of carbonyl (C=O) groups excluding carboxylic acids is 1. The summed E-state index contributed by atoms with van der Waals surface area (Å²) in [4.78, 5) is 22.3. The van der Waals surface area contributed by atoms with E-state index in [4.69, 9.17) is 4.98 Å². The number of hydrogen-bond donors (Lipinski definition) is 0. The Labute approximate surface area is 211 Å². The van der Waals surface area contributed by atoms with Crippen LogP contribution in [0.1, 0.15) is 48.5 Å². The number of sulfonamides is 1. The van der Waals surface area contributed by atoms with Crippen molar-refractivity contribution in [3.05, 3.63) is 53.6 Å². The first-order valence-electron chi connectivity index (χ1n) is 12.5. The first kappa shape index (κ1) is 24.2. The molecule has 0 saturated carbocycles. The maximum absolute atomic E-state index is 13.1. The van der Waals surface area contributed by atoms with Crippen LogP contribution in [0.2, 0.25) is 0 Å². The summed E-state index contributed by atoms with van der Waals surface area (Å²) in [6.45, 7) is 5.98. The van der Waals surface area contributed by atoms with Gasteiger partial charge in [-0.25, -0.2) is 13.4 Å². The molecule has 2 aliphatic rings. The summed E-state index contributed by atoms with van der Waals surface area (Å²) < 4.78 is 28.8. The van der Waals surface area contributed by atoms with Gasteiger partial charge in [0, 0.05) is 44.8 Å². The van der Waals surface area contributed by atoms with Crippen LogP contribution in [0.3, 0.4) is 0 Å². The highest BCUT2D eigenvalue weighted by atomic mass is 32.2. The highest BCUT2D eigenvalue weighted by Gasteiger charge is 2.27. The van der Waals surface area contributed by atoms with Gasteiger partial charge in [0.15, 0.2) is 5.13 Å². The van der Waals surface area contributed by atoms with E-state index in [1.54, 1.807) is 39.9 Å². The van der Waals surface area contributed by atoms with Crippen molar-refractivity contribution in [3.8, 4) is 0 Å². The van der Waals surface area contributed by atoms with Crippen molar-refractivity contribution < 1.29 is 13.2 Å². The fourth-order valence-corrected chi connectivity index (χ4v) is 7.39. The lowest BCUT2D eigenvalue weighted by Gasteiger charge is -2.34. The van der Waals surface area contributed by atoms with Gasteiger partial charge >= 0.3 is 0 Å². The number of fused-ring (bicyclic) bond motifs is 1. The van der Waals surface area contributed by atoms with Crippen molar-refractivity contribution >= 4 is 42.6 Å². The van der Waals surface area contributed by atoms with Crippen LogP contribution in [0.4, 0.5) is 5.13 Å². The van der Waals surface area contributed by atoms with Crippen LogP contribution >= 0.6 is 11.3 Å². The Hall–Kier alpha value is -2.49. The number of benzene rings is 2. The first-order chi connectivity index (χ1) is 17.0. The van der Waals surface area contributed by atoms with Crippen LogP contribution in [-0.4, -0.2) is 67.8 Å². The quantitative estimate of drug-likeness (QED) is 0.507. The van der Waals surface area contributed by atoms with E-state index in [1.165, 1.54) is 10.3 Å². The van der Waals surface area contributed by atoms with Gasteiger partial charge < -0.3 is 9.80 Å². The Morgan fingerprint density at radius 2 is 1.60 bits per heavy atom. The standard InChI is InChI=1S/C26H32N4O3S2/c1-2-20-7-12-23-24(19-20)34-26(27-23)29-17-15-28(16-18-29)25(31)21-8-10-22(11-9-21)35(32,33)30-13-5-3-4-6-14-30/h7-12,19H,2-6,13-18H2,1H3. The van der Waals surface area contributed by atoms with E-state index in [2.05, 4.69) is 30.0 Å². The molecule has 186 valence electrons.